The average molecular weight is 207 g/mol. The molecule has 0 spiro atoms. The van der Waals surface area contributed by atoms with Gasteiger partial charge in [0.15, 0.2) is 0 Å². The molecule has 0 radical (unpaired) electrons. The molecule has 0 saturated carbocycles. The Morgan fingerprint density at radius 1 is 1.47 bits per heavy atom. The summed E-state index contributed by atoms with van der Waals surface area (Å²) in [6, 6.07) is 5.33. The van der Waals surface area contributed by atoms with E-state index >= 15 is 0 Å². The molecule has 0 atom stereocenters. The maximum atomic E-state index is 11.7. The summed E-state index contributed by atoms with van der Waals surface area (Å²) in [7, 11) is 0. The van der Waals surface area contributed by atoms with Crippen LogP contribution >= 0.6 is 0 Å². The third-order valence-corrected chi connectivity index (χ3v) is 2.29. The molecular formula is C11H17N3O. The molecule has 0 heterocycles. The molecule has 0 aliphatic heterocycles. The Kier molecular flexibility index (Phi) is 4.12. The number of anilines is 1. The van der Waals surface area contributed by atoms with Gasteiger partial charge in [-0.05, 0) is 37.6 Å². The van der Waals surface area contributed by atoms with Crippen LogP contribution in [0.4, 0.5) is 5.69 Å². The summed E-state index contributed by atoms with van der Waals surface area (Å²) >= 11 is 0. The maximum absolute atomic E-state index is 11.7. The first-order chi connectivity index (χ1) is 7.16. The normalized spacial score (nSPS) is 10.0. The Labute approximate surface area is 89.6 Å². The van der Waals surface area contributed by atoms with E-state index in [9.17, 15) is 4.79 Å². The number of carbonyl (C=O) groups excluding carboxylic acids is 1. The van der Waals surface area contributed by atoms with E-state index in [4.69, 9.17) is 11.5 Å². The van der Waals surface area contributed by atoms with Crippen molar-refractivity contribution in [3.63, 3.8) is 0 Å². The van der Waals surface area contributed by atoms with Crippen molar-refractivity contribution in [2.24, 2.45) is 5.73 Å². The van der Waals surface area contributed by atoms with Gasteiger partial charge in [0.1, 0.15) is 0 Å². The second-order valence-electron chi connectivity index (χ2n) is 3.42. The van der Waals surface area contributed by atoms with Crippen LogP contribution in [0.3, 0.4) is 0 Å². The third kappa shape index (κ3) is 2.95. The van der Waals surface area contributed by atoms with Gasteiger partial charge in [0.25, 0.3) is 5.91 Å². The number of carbonyl (C=O) groups is 1. The summed E-state index contributed by atoms with van der Waals surface area (Å²) in [5.74, 6) is -0.0896. The van der Waals surface area contributed by atoms with Crippen LogP contribution in [0.1, 0.15) is 22.3 Å². The summed E-state index contributed by atoms with van der Waals surface area (Å²) in [6.45, 7) is 3.02. The highest BCUT2D eigenvalue weighted by atomic mass is 16.1. The molecule has 1 rings (SSSR count). The van der Waals surface area contributed by atoms with Gasteiger partial charge in [-0.3, -0.25) is 4.79 Å². The van der Waals surface area contributed by atoms with E-state index in [1.54, 1.807) is 18.2 Å². The predicted octanol–water partition coefficient (Wildman–Crippen LogP) is 0.656. The molecule has 0 aromatic heterocycles. The number of nitrogens with one attached hydrogen (secondary N) is 1. The lowest BCUT2D eigenvalue weighted by molar-refractivity contribution is 0.0953. The van der Waals surface area contributed by atoms with E-state index in [1.807, 2.05) is 6.92 Å². The van der Waals surface area contributed by atoms with E-state index in [-0.39, 0.29) is 5.91 Å². The van der Waals surface area contributed by atoms with E-state index in [0.29, 0.717) is 24.3 Å². The van der Waals surface area contributed by atoms with Gasteiger partial charge < -0.3 is 16.8 Å². The molecule has 4 heteroatoms. The number of amides is 1. The predicted molar refractivity (Wildman–Crippen MR) is 61.6 cm³/mol. The number of rotatable bonds is 4. The van der Waals surface area contributed by atoms with Crippen LogP contribution in [0.15, 0.2) is 18.2 Å². The van der Waals surface area contributed by atoms with Gasteiger partial charge in [-0.25, -0.2) is 0 Å². The Bertz CT molecular complexity index is 350. The number of hydrogen-bond donors (Lipinski definition) is 3. The van der Waals surface area contributed by atoms with Crippen molar-refractivity contribution in [1.82, 2.24) is 5.32 Å². The summed E-state index contributed by atoms with van der Waals surface area (Å²) in [6.07, 6.45) is 0.785. The van der Waals surface area contributed by atoms with Gasteiger partial charge in [0, 0.05) is 17.8 Å². The Balaban J connectivity index is 2.69. The molecule has 4 nitrogen and oxygen atoms in total. The molecule has 0 bridgehead atoms. The van der Waals surface area contributed by atoms with Crippen LogP contribution in [0.2, 0.25) is 0 Å². The zero-order valence-electron chi connectivity index (χ0n) is 8.92. The van der Waals surface area contributed by atoms with E-state index in [2.05, 4.69) is 5.32 Å². The molecule has 15 heavy (non-hydrogen) atoms. The second-order valence-corrected chi connectivity index (χ2v) is 3.42. The van der Waals surface area contributed by atoms with Crippen molar-refractivity contribution in [2.45, 2.75) is 13.3 Å². The molecule has 5 N–H and O–H groups in total. The van der Waals surface area contributed by atoms with Crippen molar-refractivity contribution in [3.8, 4) is 0 Å². The Hall–Kier alpha value is -1.55. The largest absolute Gasteiger partial charge is 0.398 e. The van der Waals surface area contributed by atoms with Crippen LogP contribution < -0.4 is 16.8 Å². The third-order valence-electron chi connectivity index (χ3n) is 2.29. The van der Waals surface area contributed by atoms with Crippen molar-refractivity contribution in [3.05, 3.63) is 29.3 Å². The lowest BCUT2D eigenvalue weighted by Gasteiger charge is -2.08. The quantitative estimate of drug-likeness (QED) is 0.501. The molecule has 0 aliphatic carbocycles. The van der Waals surface area contributed by atoms with Gasteiger partial charge in [-0.2, -0.15) is 0 Å². The van der Waals surface area contributed by atoms with Gasteiger partial charge in [0.2, 0.25) is 0 Å². The lowest BCUT2D eigenvalue weighted by atomic mass is 10.1. The smallest absolute Gasteiger partial charge is 0.251 e. The maximum Gasteiger partial charge on any atom is 0.251 e. The first-order valence-electron chi connectivity index (χ1n) is 5.00. The van der Waals surface area contributed by atoms with Crippen LogP contribution in [-0.2, 0) is 0 Å². The highest BCUT2D eigenvalue weighted by Crippen LogP contribution is 2.14. The fourth-order valence-electron chi connectivity index (χ4n) is 1.30. The number of nitrogen functional groups attached to an aromatic ring is 1. The molecule has 1 aromatic rings. The molecule has 0 aliphatic rings. The monoisotopic (exact) mass is 207 g/mol. The summed E-state index contributed by atoms with van der Waals surface area (Å²) in [4.78, 5) is 11.7. The summed E-state index contributed by atoms with van der Waals surface area (Å²) in [5, 5.41) is 2.79. The van der Waals surface area contributed by atoms with Crippen molar-refractivity contribution in [1.29, 1.82) is 0 Å². The molecule has 0 fully saturated rings. The minimum Gasteiger partial charge on any atom is -0.398 e. The number of hydrogen-bond acceptors (Lipinski definition) is 3. The fraction of sp³-hybridized carbons (Fsp3) is 0.364. The lowest BCUT2D eigenvalue weighted by Crippen LogP contribution is -2.26. The average Bonchev–Trinajstić information content (AvgIpc) is 2.22. The van der Waals surface area contributed by atoms with Crippen LogP contribution in [-0.4, -0.2) is 19.0 Å². The van der Waals surface area contributed by atoms with Crippen LogP contribution in [0.5, 0.6) is 0 Å². The minimum absolute atomic E-state index is 0.0896. The number of nitrogens with two attached hydrogens (primary N) is 2. The van der Waals surface area contributed by atoms with E-state index in [0.717, 1.165) is 12.0 Å². The number of benzene rings is 1. The highest BCUT2D eigenvalue weighted by molar-refractivity contribution is 5.96. The van der Waals surface area contributed by atoms with E-state index in [1.165, 1.54) is 0 Å². The second kappa shape index (κ2) is 5.36. The van der Waals surface area contributed by atoms with Gasteiger partial charge in [-0.15, -0.1) is 0 Å². The van der Waals surface area contributed by atoms with Crippen molar-refractivity contribution in [2.75, 3.05) is 18.8 Å². The Morgan fingerprint density at radius 3 is 2.87 bits per heavy atom. The van der Waals surface area contributed by atoms with Gasteiger partial charge >= 0.3 is 0 Å². The highest BCUT2D eigenvalue weighted by Gasteiger charge is 2.08. The van der Waals surface area contributed by atoms with Crippen molar-refractivity contribution >= 4 is 11.6 Å². The molecule has 82 valence electrons. The zero-order valence-corrected chi connectivity index (χ0v) is 8.92. The first kappa shape index (κ1) is 11.5. The zero-order chi connectivity index (χ0) is 11.3. The SMILES string of the molecule is Cc1c(N)cccc1C(=O)NCCCN. The standard InChI is InChI=1S/C11H17N3O/c1-8-9(4-2-5-10(8)13)11(15)14-7-3-6-12/h2,4-5H,3,6-7,12-13H2,1H3,(H,14,15). The fourth-order valence-corrected chi connectivity index (χ4v) is 1.30. The minimum atomic E-state index is -0.0896. The molecule has 0 unspecified atom stereocenters. The molecule has 0 saturated heterocycles. The topological polar surface area (TPSA) is 81.1 Å². The van der Waals surface area contributed by atoms with E-state index < -0.39 is 0 Å². The van der Waals surface area contributed by atoms with Crippen LogP contribution in [0.25, 0.3) is 0 Å². The Morgan fingerprint density at radius 2 is 2.20 bits per heavy atom. The first-order valence-corrected chi connectivity index (χ1v) is 5.00. The molecule has 1 aromatic carbocycles. The van der Waals surface area contributed by atoms with Crippen molar-refractivity contribution < 1.29 is 4.79 Å². The van der Waals surface area contributed by atoms with Gasteiger partial charge in [0.05, 0.1) is 0 Å². The summed E-state index contributed by atoms with van der Waals surface area (Å²) < 4.78 is 0. The molecular weight excluding hydrogens is 190 g/mol. The summed E-state index contributed by atoms with van der Waals surface area (Å²) in [5.41, 5.74) is 13.1. The van der Waals surface area contributed by atoms with Crippen LogP contribution in [0, 0.1) is 6.92 Å². The molecule has 1 amide bonds. The van der Waals surface area contributed by atoms with Gasteiger partial charge in [-0.1, -0.05) is 6.07 Å².